The molecule has 1 atom stereocenters. The minimum atomic E-state index is -0.732. The number of amides is 1. The Kier molecular flexibility index (Phi) is 4.98. The van der Waals surface area contributed by atoms with Gasteiger partial charge in [0.1, 0.15) is 17.1 Å². The van der Waals surface area contributed by atoms with E-state index in [1.54, 1.807) is 31.4 Å². The minimum Gasteiger partial charge on any atom is -0.497 e. The van der Waals surface area contributed by atoms with Gasteiger partial charge in [-0.3, -0.25) is 4.79 Å². The number of aliphatic hydroxyl groups is 1. The maximum absolute atomic E-state index is 12.7. The van der Waals surface area contributed by atoms with Crippen molar-refractivity contribution in [1.82, 2.24) is 0 Å². The summed E-state index contributed by atoms with van der Waals surface area (Å²) in [6, 6.07) is 7.00. The molecule has 2 aromatic carbocycles. The zero-order valence-corrected chi connectivity index (χ0v) is 16.3. The fourth-order valence-corrected chi connectivity index (χ4v) is 3.21. The third kappa shape index (κ3) is 3.43. The number of ether oxygens (including phenoxy) is 2. The van der Waals surface area contributed by atoms with E-state index >= 15 is 0 Å². The van der Waals surface area contributed by atoms with Crippen molar-refractivity contribution in [3.8, 4) is 11.5 Å². The van der Waals surface area contributed by atoms with Crippen LogP contribution < -0.4 is 14.8 Å². The van der Waals surface area contributed by atoms with Gasteiger partial charge in [0.05, 0.1) is 13.7 Å². The molecule has 5 heteroatoms. The zero-order valence-electron chi connectivity index (χ0n) is 16.3. The van der Waals surface area contributed by atoms with Gasteiger partial charge in [-0.1, -0.05) is 6.08 Å². The van der Waals surface area contributed by atoms with Crippen molar-refractivity contribution in [2.24, 2.45) is 0 Å². The van der Waals surface area contributed by atoms with Crippen molar-refractivity contribution < 1.29 is 19.4 Å². The Morgan fingerprint density at radius 3 is 2.41 bits per heavy atom. The predicted molar refractivity (Wildman–Crippen MR) is 107 cm³/mol. The molecule has 2 N–H and O–H groups in total. The van der Waals surface area contributed by atoms with Gasteiger partial charge in [-0.15, -0.1) is 0 Å². The minimum absolute atomic E-state index is 0.101. The van der Waals surface area contributed by atoms with E-state index in [4.69, 9.17) is 9.47 Å². The van der Waals surface area contributed by atoms with Gasteiger partial charge in [-0.2, -0.15) is 0 Å². The number of fused-ring (bicyclic) bond motifs is 1. The average molecular weight is 367 g/mol. The second-order valence-corrected chi connectivity index (χ2v) is 7.08. The van der Waals surface area contributed by atoms with Crippen LogP contribution in [0, 0.1) is 20.8 Å². The van der Waals surface area contributed by atoms with Gasteiger partial charge in [-0.25, -0.2) is 0 Å². The molecule has 1 aliphatic rings. The molecule has 0 bridgehead atoms. The van der Waals surface area contributed by atoms with Crippen molar-refractivity contribution in [3.05, 3.63) is 58.2 Å². The van der Waals surface area contributed by atoms with Crippen molar-refractivity contribution in [2.75, 3.05) is 19.0 Å². The summed E-state index contributed by atoms with van der Waals surface area (Å²) in [6.07, 6.45) is 3.81. The number of anilines is 1. The number of aliphatic hydroxyl groups excluding tert-OH is 1. The van der Waals surface area contributed by atoms with E-state index in [9.17, 15) is 9.90 Å². The van der Waals surface area contributed by atoms with Crippen molar-refractivity contribution >= 4 is 17.7 Å². The molecule has 5 nitrogen and oxygen atoms in total. The Morgan fingerprint density at radius 1 is 1.15 bits per heavy atom. The standard InChI is InChI=1S/C22H25NO4/c1-13-14(2)20-18(10-11-22(4,12-24)27-20)15(3)19(13)23-21(25)16-6-8-17(26-5)9-7-16/h6-11,24H,12H2,1-5H3,(H,23,25). The monoisotopic (exact) mass is 367 g/mol. The SMILES string of the molecule is COc1ccc(C(=O)Nc2c(C)c(C)c3c(c2C)C=CC(C)(CO)O3)cc1. The number of carbonyl (C=O) groups is 1. The van der Waals surface area contributed by atoms with Gasteiger partial charge in [0.15, 0.2) is 0 Å². The molecule has 0 saturated heterocycles. The Hall–Kier alpha value is -2.79. The highest BCUT2D eigenvalue weighted by atomic mass is 16.5. The molecule has 1 unspecified atom stereocenters. The molecule has 1 amide bonds. The number of hydrogen-bond acceptors (Lipinski definition) is 4. The molecule has 0 spiro atoms. The number of nitrogens with one attached hydrogen (secondary N) is 1. The first-order valence-corrected chi connectivity index (χ1v) is 8.88. The number of hydrogen-bond donors (Lipinski definition) is 2. The van der Waals surface area contributed by atoms with E-state index < -0.39 is 5.60 Å². The maximum Gasteiger partial charge on any atom is 0.255 e. The molecule has 0 saturated carbocycles. The van der Waals surface area contributed by atoms with Crippen LogP contribution in [0.25, 0.3) is 6.08 Å². The van der Waals surface area contributed by atoms with Gasteiger partial charge in [0.2, 0.25) is 0 Å². The van der Waals surface area contributed by atoms with Gasteiger partial charge < -0.3 is 19.9 Å². The molecule has 0 fully saturated rings. The number of rotatable bonds is 4. The third-order valence-electron chi connectivity index (χ3n) is 5.14. The van der Waals surface area contributed by atoms with Crippen molar-refractivity contribution in [3.63, 3.8) is 0 Å². The quantitative estimate of drug-likeness (QED) is 0.856. The summed E-state index contributed by atoms with van der Waals surface area (Å²) in [7, 11) is 1.59. The summed E-state index contributed by atoms with van der Waals surface area (Å²) in [6.45, 7) is 7.63. The number of benzene rings is 2. The Morgan fingerprint density at radius 2 is 1.81 bits per heavy atom. The highest BCUT2D eigenvalue weighted by Crippen LogP contribution is 2.41. The molecule has 142 valence electrons. The van der Waals surface area contributed by atoms with Gasteiger partial charge >= 0.3 is 0 Å². The summed E-state index contributed by atoms with van der Waals surface area (Å²) in [5, 5.41) is 12.6. The van der Waals surface area contributed by atoms with Crippen LogP contribution in [0.15, 0.2) is 30.3 Å². The average Bonchev–Trinajstić information content (AvgIpc) is 2.69. The van der Waals surface area contributed by atoms with Crippen LogP contribution in [-0.4, -0.2) is 30.3 Å². The maximum atomic E-state index is 12.7. The molecule has 0 aliphatic carbocycles. The van der Waals surface area contributed by atoms with Crippen LogP contribution in [-0.2, 0) is 0 Å². The van der Waals surface area contributed by atoms with Crippen LogP contribution in [0.2, 0.25) is 0 Å². The topological polar surface area (TPSA) is 67.8 Å². The molecular weight excluding hydrogens is 342 g/mol. The predicted octanol–water partition coefficient (Wildman–Crippen LogP) is 4.03. The molecule has 27 heavy (non-hydrogen) atoms. The first-order chi connectivity index (χ1) is 12.8. The lowest BCUT2D eigenvalue weighted by atomic mass is 9.91. The molecular formula is C22H25NO4. The lowest BCUT2D eigenvalue weighted by Crippen LogP contribution is -2.36. The summed E-state index contributed by atoms with van der Waals surface area (Å²) in [5.74, 6) is 1.29. The van der Waals surface area contributed by atoms with Crippen LogP contribution in [0.3, 0.4) is 0 Å². The van der Waals surface area contributed by atoms with E-state index in [1.807, 2.05) is 39.8 Å². The van der Waals surface area contributed by atoms with Crippen LogP contribution in [0.1, 0.15) is 39.5 Å². The first kappa shape index (κ1) is 19.0. The molecule has 0 radical (unpaired) electrons. The Labute approximate surface area is 159 Å². The lowest BCUT2D eigenvalue weighted by Gasteiger charge is -2.33. The first-order valence-electron chi connectivity index (χ1n) is 8.88. The van der Waals surface area contributed by atoms with E-state index in [2.05, 4.69) is 5.32 Å². The second kappa shape index (κ2) is 7.08. The summed E-state index contributed by atoms with van der Waals surface area (Å²) < 4.78 is 11.2. The fraction of sp³-hybridized carbons (Fsp3) is 0.318. The molecule has 3 rings (SSSR count). The zero-order chi connectivity index (χ0) is 19.8. The molecule has 2 aromatic rings. The van der Waals surface area contributed by atoms with Crippen molar-refractivity contribution in [2.45, 2.75) is 33.3 Å². The fourth-order valence-electron chi connectivity index (χ4n) is 3.21. The lowest BCUT2D eigenvalue weighted by molar-refractivity contribution is 0.0633. The van der Waals surface area contributed by atoms with Gasteiger partial charge in [0.25, 0.3) is 5.91 Å². The van der Waals surface area contributed by atoms with Crippen LogP contribution in [0.4, 0.5) is 5.69 Å². The molecule has 1 heterocycles. The Balaban J connectivity index is 1.97. The van der Waals surface area contributed by atoms with Crippen LogP contribution in [0.5, 0.6) is 11.5 Å². The summed E-state index contributed by atoms with van der Waals surface area (Å²) in [5.41, 5.74) is 4.37. The van der Waals surface area contributed by atoms with Gasteiger partial charge in [0, 0.05) is 16.8 Å². The number of methoxy groups -OCH3 is 1. The summed E-state index contributed by atoms with van der Waals surface area (Å²) in [4.78, 5) is 12.7. The highest BCUT2D eigenvalue weighted by Gasteiger charge is 2.30. The smallest absolute Gasteiger partial charge is 0.255 e. The third-order valence-corrected chi connectivity index (χ3v) is 5.14. The largest absolute Gasteiger partial charge is 0.497 e. The Bertz CT molecular complexity index is 915. The van der Waals surface area contributed by atoms with E-state index in [0.717, 1.165) is 33.7 Å². The van der Waals surface area contributed by atoms with E-state index in [-0.39, 0.29) is 12.5 Å². The van der Waals surface area contributed by atoms with Crippen molar-refractivity contribution in [1.29, 1.82) is 0 Å². The molecule has 0 aromatic heterocycles. The summed E-state index contributed by atoms with van der Waals surface area (Å²) >= 11 is 0. The number of carbonyl (C=O) groups excluding carboxylic acids is 1. The van der Waals surface area contributed by atoms with E-state index in [0.29, 0.717) is 11.3 Å². The normalized spacial score (nSPS) is 17.9. The van der Waals surface area contributed by atoms with E-state index in [1.165, 1.54) is 0 Å². The van der Waals surface area contributed by atoms with Crippen LogP contribution >= 0.6 is 0 Å². The molecule has 1 aliphatic heterocycles. The highest BCUT2D eigenvalue weighted by molar-refractivity contribution is 6.05. The second-order valence-electron chi connectivity index (χ2n) is 7.08. The van der Waals surface area contributed by atoms with Gasteiger partial charge in [-0.05, 0) is 74.7 Å².